The van der Waals surface area contributed by atoms with Crippen LogP contribution in [0.25, 0.3) is 11.1 Å². The molecule has 1 aliphatic carbocycles. The molecule has 2 aromatic carbocycles. The van der Waals surface area contributed by atoms with Crippen molar-refractivity contribution >= 4 is 35.1 Å². The number of carbonyl (C=O) groups excluding carboxylic acids is 2. The van der Waals surface area contributed by atoms with Crippen LogP contribution in [0.15, 0.2) is 47.3 Å². The van der Waals surface area contributed by atoms with Crippen molar-refractivity contribution in [3.63, 3.8) is 0 Å². The fourth-order valence-electron chi connectivity index (χ4n) is 5.63. The topological polar surface area (TPSA) is 181 Å². The smallest absolute Gasteiger partial charge is 0.329 e. The maximum Gasteiger partial charge on any atom is 0.329 e. The van der Waals surface area contributed by atoms with Crippen molar-refractivity contribution in [1.82, 2.24) is 9.97 Å². The number of nitrogens with zero attached hydrogens (tertiary/aromatic N) is 2. The molecule has 3 aromatic rings. The van der Waals surface area contributed by atoms with E-state index in [2.05, 4.69) is 32.7 Å². The van der Waals surface area contributed by atoms with Crippen molar-refractivity contribution < 1.29 is 28.9 Å². The normalized spacial score (nSPS) is 23.4. The Bertz CT molecular complexity index is 1600. The number of aromatic nitrogens is 2. The highest BCUT2D eigenvalue weighted by Gasteiger charge is 2.58. The van der Waals surface area contributed by atoms with Gasteiger partial charge < -0.3 is 30.4 Å². The van der Waals surface area contributed by atoms with E-state index in [0.717, 1.165) is 28.0 Å². The Balaban J connectivity index is 1.39. The Morgan fingerprint density at radius 3 is 2.61 bits per heavy atom. The van der Waals surface area contributed by atoms with Crippen LogP contribution in [0.3, 0.4) is 0 Å². The molecule has 1 aromatic heterocycles. The summed E-state index contributed by atoms with van der Waals surface area (Å²) >= 11 is 0. The molecule has 2 fully saturated rings. The summed E-state index contributed by atoms with van der Waals surface area (Å²) < 4.78 is 18.1. The summed E-state index contributed by atoms with van der Waals surface area (Å²) in [4.78, 5) is 46.2. The van der Waals surface area contributed by atoms with Gasteiger partial charge in [0.15, 0.2) is 17.8 Å². The van der Waals surface area contributed by atoms with Gasteiger partial charge in [-0.3, -0.25) is 19.9 Å². The molecule has 0 bridgehead atoms. The predicted molar refractivity (Wildman–Crippen MR) is 149 cm³/mol. The monoisotopic (exact) mass is 562 g/mol. The molecule has 4 unspecified atom stereocenters. The second kappa shape index (κ2) is 9.96. The van der Waals surface area contributed by atoms with Gasteiger partial charge in [0.25, 0.3) is 5.56 Å². The number of ether oxygens (including phenoxy) is 3. The van der Waals surface area contributed by atoms with Crippen LogP contribution in [-0.2, 0) is 25.4 Å². The summed E-state index contributed by atoms with van der Waals surface area (Å²) in [6.07, 6.45) is -2.88. The molecular formula is C28H30N6O7. The Hall–Kier alpha value is -4.30. The van der Waals surface area contributed by atoms with Crippen LogP contribution >= 0.6 is 0 Å². The van der Waals surface area contributed by atoms with Gasteiger partial charge in [0.2, 0.25) is 11.9 Å². The lowest BCUT2D eigenvalue weighted by Crippen LogP contribution is -2.50. The zero-order valence-electron chi connectivity index (χ0n) is 22.6. The molecule has 3 heterocycles. The molecular weight excluding hydrogens is 532 g/mol. The molecule has 0 spiro atoms. The average molecular weight is 563 g/mol. The molecule has 214 valence electrons. The Kier molecular flexibility index (Phi) is 6.53. The number of urea groups is 1. The van der Waals surface area contributed by atoms with Gasteiger partial charge in [-0.2, -0.15) is 4.98 Å². The molecule has 3 aliphatic rings. The number of nitrogen functional groups attached to an aromatic ring is 1. The van der Waals surface area contributed by atoms with Crippen molar-refractivity contribution in [2.75, 3.05) is 27.9 Å². The van der Waals surface area contributed by atoms with E-state index in [1.807, 2.05) is 24.3 Å². The van der Waals surface area contributed by atoms with Crippen molar-refractivity contribution in [3.8, 4) is 11.1 Å². The number of H-pyrrole nitrogens is 1. The van der Waals surface area contributed by atoms with Gasteiger partial charge in [0.1, 0.15) is 24.0 Å². The zero-order valence-corrected chi connectivity index (χ0v) is 22.6. The summed E-state index contributed by atoms with van der Waals surface area (Å²) in [5.41, 5.74) is 9.95. The first kappa shape index (κ1) is 26.9. The standard InChI is InChI=1S/C28H30N6O7/c1-13(36)30-26-32-23(20(29)24(37)33-26)34(25-22-21(19(12-35)39-25)40-28(2,3)41-22)27(38)31-16-8-9-18-15(11-16)10-14-6-4-5-7-17(14)18/h4-9,11,19,21-22,25,35H,10,12,29H2,1-3H3,(H,31,38)(H2,30,32,33,36,37). The molecule has 6 rings (SSSR count). The number of rotatable bonds is 5. The Morgan fingerprint density at radius 2 is 1.85 bits per heavy atom. The van der Waals surface area contributed by atoms with Crippen LogP contribution in [0.1, 0.15) is 31.9 Å². The van der Waals surface area contributed by atoms with E-state index in [1.54, 1.807) is 19.9 Å². The van der Waals surface area contributed by atoms with Gasteiger partial charge in [0, 0.05) is 12.6 Å². The first-order valence-electron chi connectivity index (χ1n) is 13.2. The predicted octanol–water partition coefficient (Wildman–Crippen LogP) is 2.16. The van der Waals surface area contributed by atoms with E-state index in [9.17, 15) is 19.5 Å². The molecule has 2 saturated heterocycles. The lowest BCUT2D eigenvalue weighted by Gasteiger charge is -2.32. The van der Waals surface area contributed by atoms with Gasteiger partial charge in [-0.25, -0.2) is 9.69 Å². The summed E-state index contributed by atoms with van der Waals surface area (Å²) in [5.74, 6) is -2.00. The molecule has 2 aliphatic heterocycles. The molecule has 6 N–H and O–H groups in total. The number of benzene rings is 2. The number of nitrogens with two attached hydrogens (primary N) is 1. The molecule has 13 heteroatoms. The van der Waals surface area contributed by atoms with Crippen LogP contribution in [0.4, 0.5) is 27.9 Å². The van der Waals surface area contributed by atoms with E-state index in [4.69, 9.17) is 19.9 Å². The largest absolute Gasteiger partial charge is 0.394 e. The van der Waals surface area contributed by atoms with Gasteiger partial charge in [-0.1, -0.05) is 30.3 Å². The SMILES string of the molecule is CC(=O)Nc1nc(N(C(=O)Nc2ccc3c(c2)Cc2ccccc2-3)C2OC(CO)C3OC(C)(C)OC32)c(N)c(=O)[nH]1. The highest BCUT2D eigenvalue weighted by atomic mass is 16.8. The fraction of sp³-hybridized carbons (Fsp3) is 0.357. The maximum absolute atomic E-state index is 14.0. The summed E-state index contributed by atoms with van der Waals surface area (Å²) in [6, 6.07) is 13.0. The zero-order chi connectivity index (χ0) is 29.1. The average Bonchev–Trinajstić information content (AvgIpc) is 3.54. The number of fused-ring (bicyclic) bond motifs is 4. The molecule has 4 atom stereocenters. The minimum absolute atomic E-state index is 0.211. The lowest BCUT2D eigenvalue weighted by atomic mass is 10.1. The number of hydrogen-bond acceptors (Lipinski definition) is 9. The molecule has 41 heavy (non-hydrogen) atoms. The summed E-state index contributed by atoms with van der Waals surface area (Å²) in [7, 11) is 0. The number of amides is 3. The second-order valence-electron chi connectivity index (χ2n) is 10.7. The van der Waals surface area contributed by atoms with Crippen molar-refractivity contribution in [1.29, 1.82) is 0 Å². The number of hydrogen-bond donors (Lipinski definition) is 5. The number of aliphatic hydroxyl groups is 1. The number of anilines is 4. The van der Waals surface area contributed by atoms with E-state index in [1.165, 1.54) is 12.5 Å². The Labute approximate surface area is 234 Å². The lowest BCUT2D eigenvalue weighted by molar-refractivity contribution is -0.189. The number of aromatic amines is 1. The highest BCUT2D eigenvalue weighted by molar-refractivity contribution is 6.03. The van der Waals surface area contributed by atoms with E-state index in [0.29, 0.717) is 5.69 Å². The van der Waals surface area contributed by atoms with Crippen LogP contribution in [0.2, 0.25) is 0 Å². The number of aliphatic hydroxyl groups excluding tert-OH is 1. The number of nitrogens with one attached hydrogen (secondary N) is 3. The van der Waals surface area contributed by atoms with Crippen LogP contribution in [-0.4, -0.2) is 63.9 Å². The van der Waals surface area contributed by atoms with Crippen molar-refractivity contribution in [2.24, 2.45) is 0 Å². The highest BCUT2D eigenvalue weighted by Crippen LogP contribution is 2.42. The van der Waals surface area contributed by atoms with Gasteiger partial charge in [-0.05, 0) is 54.7 Å². The second-order valence-corrected chi connectivity index (χ2v) is 10.7. The third kappa shape index (κ3) is 4.82. The molecule has 13 nitrogen and oxygen atoms in total. The fourth-order valence-corrected chi connectivity index (χ4v) is 5.63. The quantitative estimate of drug-likeness (QED) is 0.243. The minimum Gasteiger partial charge on any atom is -0.394 e. The Morgan fingerprint density at radius 1 is 1.12 bits per heavy atom. The van der Waals surface area contributed by atoms with E-state index < -0.39 is 54.4 Å². The van der Waals surface area contributed by atoms with Gasteiger partial charge in [-0.15, -0.1) is 0 Å². The van der Waals surface area contributed by atoms with E-state index in [-0.39, 0.29) is 17.5 Å². The first-order chi connectivity index (χ1) is 19.5. The van der Waals surface area contributed by atoms with Crippen LogP contribution in [0.5, 0.6) is 0 Å². The summed E-state index contributed by atoms with van der Waals surface area (Å²) in [5, 5.41) is 15.3. The number of carbonyl (C=O) groups is 2. The molecule has 3 amide bonds. The minimum atomic E-state index is -1.20. The molecule has 0 radical (unpaired) electrons. The summed E-state index contributed by atoms with van der Waals surface area (Å²) in [6.45, 7) is 4.25. The van der Waals surface area contributed by atoms with Crippen molar-refractivity contribution in [3.05, 3.63) is 63.9 Å². The third-order valence-corrected chi connectivity index (χ3v) is 7.28. The van der Waals surface area contributed by atoms with Gasteiger partial charge in [0.05, 0.1) is 6.61 Å². The maximum atomic E-state index is 14.0. The first-order valence-corrected chi connectivity index (χ1v) is 13.2. The van der Waals surface area contributed by atoms with Crippen LogP contribution in [0, 0.1) is 0 Å². The van der Waals surface area contributed by atoms with E-state index >= 15 is 0 Å². The molecule has 0 saturated carbocycles. The van der Waals surface area contributed by atoms with Crippen molar-refractivity contribution in [2.45, 2.75) is 57.5 Å². The van der Waals surface area contributed by atoms with Crippen LogP contribution < -0.4 is 26.8 Å². The third-order valence-electron chi connectivity index (χ3n) is 7.28. The van der Waals surface area contributed by atoms with Gasteiger partial charge >= 0.3 is 6.03 Å².